The predicted octanol–water partition coefficient (Wildman–Crippen LogP) is 6.85. The van der Waals surface area contributed by atoms with Gasteiger partial charge < -0.3 is 0 Å². The SMILES string of the molecule is C1=CCCCCCCCCC/C=C/C=C\C=C\C=C\C=C\1. The number of rotatable bonds is 0. The Labute approximate surface area is 131 Å². The molecule has 0 radical (unpaired) electrons. The molecule has 0 spiro atoms. The van der Waals surface area contributed by atoms with Crippen LogP contribution in [0.3, 0.4) is 0 Å². The van der Waals surface area contributed by atoms with Gasteiger partial charge in [0.15, 0.2) is 0 Å². The van der Waals surface area contributed by atoms with Gasteiger partial charge in [0.05, 0.1) is 0 Å². The summed E-state index contributed by atoms with van der Waals surface area (Å²) in [6, 6.07) is 0. The Kier molecular flexibility index (Phi) is 12.4. The molecule has 0 nitrogen and oxygen atoms in total. The van der Waals surface area contributed by atoms with Crippen molar-refractivity contribution in [2.45, 2.75) is 57.8 Å². The fourth-order valence-corrected chi connectivity index (χ4v) is 2.27. The lowest BCUT2D eigenvalue weighted by molar-refractivity contribution is 0.583. The topological polar surface area (TPSA) is 0 Å². The lowest BCUT2D eigenvalue weighted by Gasteiger charge is -1.99. The summed E-state index contributed by atoms with van der Waals surface area (Å²) < 4.78 is 0. The first-order chi connectivity index (χ1) is 10.5. The molecular weight excluding hydrogens is 252 g/mol. The lowest BCUT2D eigenvalue weighted by atomic mass is 10.1. The normalized spacial score (nSPS) is 27.0. The number of hydrogen-bond donors (Lipinski definition) is 0. The van der Waals surface area contributed by atoms with Crippen molar-refractivity contribution >= 4 is 0 Å². The highest BCUT2D eigenvalue weighted by Crippen LogP contribution is 2.10. The Morgan fingerprint density at radius 3 is 0.952 bits per heavy atom. The summed E-state index contributed by atoms with van der Waals surface area (Å²) in [6.45, 7) is 0. The molecule has 0 aromatic rings. The molecule has 0 fully saturated rings. The molecule has 0 bridgehead atoms. The van der Waals surface area contributed by atoms with Gasteiger partial charge in [-0.05, 0) is 25.7 Å². The third-order valence-corrected chi connectivity index (χ3v) is 3.51. The molecule has 0 saturated carbocycles. The van der Waals surface area contributed by atoms with Gasteiger partial charge in [-0.15, -0.1) is 0 Å². The molecule has 0 heterocycles. The van der Waals surface area contributed by atoms with Crippen LogP contribution < -0.4 is 0 Å². The Morgan fingerprint density at radius 1 is 0.286 bits per heavy atom. The predicted molar refractivity (Wildman–Crippen MR) is 96.4 cm³/mol. The van der Waals surface area contributed by atoms with Crippen molar-refractivity contribution in [1.29, 1.82) is 0 Å². The fourth-order valence-electron chi connectivity index (χ4n) is 2.27. The molecule has 0 amide bonds. The maximum Gasteiger partial charge on any atom is -0.0348 e. The number of allylic oxidation sites excluding steroid dienone is 12. The molecule has 21 heavy (non-hydrogen) atoms. The highest BCUT2D eigenvalue weighted by atomic mass is 14.0. The lowest BCUT2D eigenvalue weighted by Crippen LogP contribution is -1.80. The fraction of sp³-hybridized carbons (Fsp3) is 0.429. The Morgan fingerprint density at radius 2 is 0.571 bits per heavy atom. The van der Waals surface area contributed by atoms with Gasteiger partial charge in [-0.1, -0.05) is 105 Å². The maximum atomic E-state index is 2.27. The van der Waals surface area contributed by atoms with E-state index in [4.69, 9.17) is 0 Å². The first-order valence-electron chi connectivity index (χ1n) is 8.48. The second-order valence-electron chi connectivity index (χ2n) is 5.45. The summed E-state index contributed by atoms with van der Waals surface area (Å²) in [5.74, 6) is 0. The molecule has 1 aliphatic carbocycles. The van der Waals surface area contributed by atoms with Gasteiger partial charge >= 0.3 is 0 Å². The van der Waals surface area contributed by atoms with E-state index in [1.165, 1.54) is 57.8 Å². The molecule has 0 atom stereocenters. The van der Waals surface area contributed by atoms with E-state index in [1.54, 1.807) is 0 Å². The van der Waals surface area contributed by atoms with E-state index in [-0.39, 0.29) is 0 Å². The molecule has 1 aliphatic rings. The molecule has 114 valence electrons. The van der Waals surface area contributed by atoms with E-state index in [0.29, 0.717) is 0 Å². The van der Waals surface area contributed by atoms with E-state index in [2.05, 4.69) is 72.9 Å². The van der Waals surface area contributed by atoms with Crippen LogP contribution in [-0.2, 0) is 0 Å². The zero-order valence-corrected chi connectivity index (χ0v) is 13.3. The molecule has 0 aliphatic heterocycles. The van der Waals surface area contributed by atoms with Crippen molar-refractivity contribution in [3.05, 3.63) is 72.9 Å². The monoisotopic (exact) mass is 282 g/mol. The zero-order chi connectivity index (χ0) is 14.8. The average molecular weight is 282 g/mol. The third kappa shape index (κ3) is 13.2. The van der Waals surface area contributed by atoms with Crippen LogP contribution in [-0.4, -0.2) is 0 Å². The summed E-state index contributed by atoms with van der Waals surface area (Å²) in [5, 5.41) is 0. The summed E-state index contributed by atoms with van der Waals surface area (Å²) in [5.41, 5.74) is 0. The molecule has 0 saturated heterocycles. The summed E-state index contributed by atoms with van der Waals surface area (Å²) >= 11 is 0. The first-order valence-corrected chi connectivity index (χ1v) is 8.48. The molecule has 0 aromatic heterocycles. The van der Waals surface area contributed by atoms with E-state index < -0.39 is 0 Å². The van der Waals surface area contributed by atoms with Crippen LogP contribution in [0.1, 0.15) is 57.8 Å². The van der Waals surface area contributed by atoms with E-state index >= 15 is 0 Å². The van der Waals surface area contributed by atoms with Crippen LogP contribution in [0.5, 0.6) is 0 Å². The molecule has 1 rings (SSSR count). The minimum atomic E-state index is 1.21. The molecular formula is C21H30. The van der Waals surface area contributed by atoms with Crippen molar-refractivity contribution in [1.82, 2.24) is 0 Å². The first kappa shape index (κ1) is 17.5. The van der Waals surface area contributed by atoms with Crippen molar-refractivity contribution in [2.75, 3.05) is 0 Å². The quantitative estimate of drug-likeness (QED) is 0.456. The molecule has 0 heteroatoms. The van der Waals surface area contributed by atoms with E-state index in [1.807, 2.05) is 0 Å². The van der Waals surface area contributed by atoms with Gasteiger partial charge in [0.2, 0.25) is 0 Å². The summed E-state index contributed by atoms with van der Waals surface area (Å²) in [4.78, 5) is 0. The van der Waals surface area contributed by atoms with Gasteiger partial charge in [-0.3, -0.25) is 0 Å². The van der Waals surface area contributed by atoms with E-state index in [0.717, 1.165) is 0 Å². The van der Waals surface area contributed by atoms with Crippen molar-refractivity contribution < 1.29 is 0 Å². The van der Waals surface area contributed by atoms with Gasteiger partial charge in [-0.25, -0.2) is 0 Å². The summed E-state index contributed by atoms with van der Waals surface area (Å²) in [7, 11) is 0. The van der Waals surface area contributed by atoms with Crippen LogP contribution in [0.25, 0.3) is 0 Å². The van der Waals surface area contributed by atoms with Gasteiger partial charge in [0.1, 0.15) is 0 Å². The number of hydrogen-bond acceptors (Lipinski definition) is 0. The van der Waals surface area contributed by atoms with Gasteiger partial charge in [0, 0.05) is 0 Å². The van der Waals surface area contributed by atoms with E-state index in [9.17, 15) is 0 Å². The Hall–Kier alpha value is -1.56. The Bertz CT molecular complexity index is 350. The maximum absolute atomic E-state index is 2.27. The van der Waals surface area contributed by atoms with Crippen LogP contribution in [0.4, 0.5) is 0 Å². The minimum absolute atomic E-state index is 1.21. The third-order valence-electron chi connectivity index (χ3n) is 3.51. The van der Waals surface area contributed by atoms with Crippen molar-refractivity contribution in [3.63, 3.8) is 0 Å². The highest BCUT2D eigenvalue weighted by Gasteiger charge is 1.90. The smallest absolute Gasteiger partial charge is 0.0348 e. The molecule has 0 unspecified atom stereocenters. The minimum Gasteiger partial charge on any atom is -0.0845 e. The second kappa shape index (κ2) is 14.8. The second-order valence-corrected chi connectivity index (χ2v) is 5.45. The highest BCUT2D eigenvalue weighted by molar-refractivity contribution is 5.19. The van der Waals surface area contributed by atoms with Crippen LogP contribution >= 0.6 is 0 Å². The Balaban J connectivity index is 2.36. The van der Waals surface area contributed by atoms with Gasteiger partial charge in [0.25, 0.3) is 0 Å². The van der Waals surface area contributed by atoms with Gasteiger partial charge in [-0.2, -0.15) is 0 Å². The zero-order valence-electron chi connectivity index (χ0n) is 13.3. The van der Waals surface area contributed by atoms with Crippen LogP contribution in [0, 0.1) is 0 Å². The van der Waals surface area contributed by atoms with Crippen LogP contribution in [0.2, 0.25) is 0 Å². The standard InChI is InChI=1S/C21H30/c1-2-4-6-8-10-12-14-16-18-20-21-19-17-15-13-11-9-7-5-3-1/h1-12H,13-21H2/b3-1+,4-2+,7-5-,8-6+,11-9+,12-10?. The largest absolute Gasteiger partial charge is 0.0845 e. The van der Waals surface area contributed by atoms with Crippen LogP contribution in [0.15, 0.2) is 72.9 Å². The molecule has 0 N–H and O–H groups in total. The van der Waals surface area contributed by atoms with Crippen molar-refractivity contribution in [3.8, 4) is 0 Å². The summed E-state index contributed by atoms with van der Waals surface area (Å²) in [6.07, 6.45) is 37.5. The van der Waals surface area contributed by atoms with Crippen molar-refractivity contribution in [2.24, 2.45) is 0 Å². The average Bonchev–Trinajstić information content (AvgIpc) is 2.50. The molecule has 0 aromatic carbocycles.